The summed E-state index contributed by atoms with van der Waals surface area (Å²) in [6.07, 6.45) is 4.85. The first-order valence-electron chi connectivity index (χ1n) is 6.00. The van der Waals surface area contributed by atoms with E-state index >= 15 is 0 Å². The average Bonchev–Trinajstić information content (AvgIpc) is 2.87. The maximum Gasteiger partial charge on any atom is 0.310 e. The standard InChI is InChI=1S/C12H20O3/c1-2-9-3-5-12(7-9,11(13)14)10-4-6-15-8-10/h9-10H,2-8H2,1H3,(H,13,14). The summed E-state index contributed by atoms with van der Waals surface area (Å²) in [7, 11) is 0. The Morgan fingerprint density at radius 3 is 2.80 bits per heavy atom. The topological polar surface area (TPSA) is 46.5 Å². The van der Waals surface area contributed by atoms with E-state index in [1.54, 1.807) is 0 Å². The Balaban J connectivity index is 2.14. The zero-order valence-electron chi connectivity index (χ0n) is 9.37. The molecule has 0 bridgehead atoms. The number of aliphatic carboxylic acids is 1. The van der Waals surface area contributed by atoms with Gasteiger partial charge in [-0.3, -0.25) is 4.79 Å². The van der Waals surface area contributed by atoms with Crippen LogP contribution in [-0.4, -0.2) is 24.3 Å². The van der Waals surface area contributed by atoms with Gasteiger partial charge in [-0.1, -0.05) is 13.3 Å². The second-order valence-corrected chi connectivity index (χ2v) is 5.04. The SMILES string of the molecule is CCC1CCC(C(=O)O)(C2CCOC2)C1. The van der Waals surface area contributed by atoms with Crippen LogP contribution in [0.1, 0.15) is 39.0 Å². The molecule has 3 heteroatoms. The molecular formula is C12H20O3. The van der Waals surface area contributed by atoms with E-state index in [2.05, 4.69) is 6.92 Å². The molecule has 3 atom stereocenters. The molecule has 0 amide bonds. The quantitative estimate of drug-likeness (QED) is 0.780. The number of carboxylic acid groups (broad SMARTS) is 1. The minimum Gasteiger partial charge on any atom is -0.481 e. The molecule has 0 aromatic heterocycles. The third kappa shape index (κ3) is 1.78. The van der Waals surface area contributed by atoms with Crippen LogP contribution in [-0.2, 0) is 9.53 Å². The molecule has 2 fully saturated rings. The van der Waals surface area contributed by atoms with Gasteiger partial charge in [-0.15, -0.1) is 0 Å². The van der Waals surface area contributed by atoms with Crippen LogP contribution in [0.4, 0.5) is 0 Å². The van der Waals surface area contributed by atoms with E-state index in [1.807, 2.05) is 0 Å². The third-order valence-electron chi connectivity index (χ3n) is 4.37. The Kier molecular flexibility index (Phi) is 3.01. The Morgan fingerprint density at radius 1 is 1.53 bits per heavy atom. The molecule has 1 heterocycles. The normalized spacial score (nSPS) is 40.9. The smallest absolute Gasteiger partial charge is 0.310 e. The Labute approximate surface area is 90.8 Å². The summed E-state index contributed by atoms with van der Waals surface area (Å²) in [5.74, 6) is 0.280. The highest BCUT2D eigenvalue weighted by atomic mass is 16.5. The van der Waals surface area contributed by atoms with Gasteiger partial charge < -0.3 is 9.84 Å². The fourth-order valence-electron chi connectivity index (χ4n) is 3.24. The Hall–Kier alpha value is -0.570. The number of carboxylic acids is 1. The molecular weight excluding hydrogens is 192 g/mol. The highest BCUT2D eigenvalue weighted by molar-refractivity contribution is 5.75. The van der Waals surface area contributed by atoms with Gasteiger partial charge in [0.15, 0.2) is 0 Å². The van der Waals surface area contributed by atoms with Gasteiger partial charge in [0, 0.05) is 12.5 Å². The molecule has 1 N–H and O–H groups in total. The number of hydrogen-bond donors (Lipinski definition) is 1. The van der Waals surface area contributed by atoms with Crippen molar-refractivity contribution in [1.82, 2.24) is 0 Å². The number of ether oxygens (including phenoxy) is 1. The van der Waals surface area contributed by atoms with E-state index in [9.17, 15) is 9.90 Å². The predicted molar refractivity (Wildman–Crippen MR) is 56.6 cm³/mol. The molecule has 1 aliphatic carbocycles. The zero-order chi connectivity index (χ0) is 10.9. The number of rotatable bonds is 3. The lowest BCUT2D eigenvalue weighted by molar-refractivity contribution is -0.152. The maximum atomic E-state index is 11.5. The first-order chi connectivity index (χ1) is 7.19. The molecule has 3 unspecified atom stereocenters. The molecule has 2 aliphatic rings. The van der Waals surface area contributed by atoms with Crippen molar-refractivity contribution in [2.24, 2.45) is 17.3 Å². The van der Waals surface area contributed by atoms with E-state index in [1.165, 1.54) is 0 Å². The van der Waals surface area contributed by atoms with Crippen molar-refractivity contribution in [3.63, 3.8) is 0 Å². The molecule has 2 rings (SSSR count). The van der Waals surface area contributed by atoms with E-state index in [4.69, 9.17) is 4.74 Å². The molecule has 0 spiro atoms. The van der Waals surface area contributed by atoms with Crippen LogP contribution in [0.15, 0.2) is 0 Å². The summed E-state index contributed by atoms with van der Waals surface area (Å²) in [4.78, 5) is 11.5. The summed E-state index contributed by atoms with van der Waals surface area (Å²) in [6, 6.07) is 0. The van der Waals surface area contributed by atoms with Crippen molar-refractivity contribution in [2.45, 2.75) is 39.0 Å². The molecule has 0 aromatic carbocycles. The summed E-state index contributed by atoms with van der Waals surface area (Å²) >= 11 is 0. The van der Waals surface area contributed by atoms with Crippen molar-refractivity contribution in [1.29, 1.82) is 0 Å². The van der Waals surface area contributed by atoms with Crippen LogP contribution in [0.25, 0.3) is 0 Å². The van der Waals surface area contributed by atoms with Crippen LogP contribution in [0.3, 0.4) is 0 Å². The lowest BCUT2D eigenvalue weighted by Crippen LogP contribution is -2.37. The van der Waals surface area contributed by atoms with E-state index in [0.717, 1.165) is 38.7 Å². The lowest BCUT2D eigenvalue weighted by Gasteiger charge is -2.30. The van der Waals surface area contributed by atoms with Crippen LogP contribution >= 0.6 is 0 Å². The second kappa shape index (κ2) is 4.12. The van der Waals surface area contributed by atoms with Gasteiger partial charge in [-0.2, -0.15) is 0 Å². The monoisotopic (exact) mass is 212 g/mol. The van der Waals surface area contributed by atoms with Gasteiger partial charge in [0.1, 0.15) is 0 Å². The Morgan fingerprint density at radius 2 is 2.33 bits per heavy atom. The van der Waals surface area contributed by atoms with Crippen molar-refractivity contribution < 1.29 is 14.6 Å². The van der Waals surface area contributed by atoms with Gasteiger partial charge in [-0.05, 0) is 31.6 Å². The maximum absolute atomic E-state index is 11.5. The van der Waals surface area contributed by atoms with Crippen molar-refractivity contribution in [3.05, 3.63) is 0 Å². The van der Waals surface area contributed by atoms with E-state index in [0.29, 0.717) is 12.5 Å². The second-order valence-electron chi connectivity index (χ2n) is 5.04. The third-order valence-corrected chi connectivity index (χ3v) is 4.37. The van der Waals surface area contributed by atoms with Crippen LogP contribution in [0, 0.1) is 17.3 Å². The lowest BCUT2D eigenvalue weighted by atomic mass is 9.73. The summed E-state index contributed by atoms with van der Waals surface area (Å²) in [5, 5.41) is 9.48. The van der Waals surface area contributed by atoms with Gasteiger partial charge in [0.05, 0.1) is 12.0 Å². The highest BCUT2D eigenvalue weighted by Gasteiger charge is 2.51. The van der Waals surface area contributed by atoms with Crippen LogP contribution in [0.5, 0.6) is 0 Å². The fraction of sp³-hybridized carbons (Fsp3) is 0.917. The van der Waals surface area contributed by atoms with Crippen molar-refractivity contribution >= 4 is 5.97 Å². The van der Waals surface area contributed by atoms with Crippen LogP contribution < -0.4 is 0 Å². The molecule has 15 heavy (non-hydrogen) atoms. The van der Waals surface area contributed by atoms with Crippen molar-refractivity contribution in [2.75, 3.05) is 13.2 Å². The average molecular weight is 212 g/mol. The molecule has 1 aliphatic heterocycles. The van der Waals surface area contributed by atoms with Gasteiger partial charge >= 0.3 is 5.97 Å². The molecule has 1 saturated heterocycles. The highest BCUT2D eigenvalue weighted by Crippen LogP contribution is 2.50. The minimum absolute atomic E-state index is 0.256. The molecule has 3 nitrogen and oxygen atoms in total. The van der Waals surface area contributed by atoms with E-state index < -0.39 is 11.4 Å². The van der Waals surface area contributed by atoms with Gasteiger partial charge in [0.25, 0.3) is 0 Å². The summed E-state index contributed by atoms with van der Waals surface area (Å²) < 4.78 is 5.35. The fourth-order valence-corrected chi connectivity index (χ4v) is 3.24. The van der Waals surface area contributed by atoms with Crippen LogP contribution in [0.2, 0.25) is 0 Å². The molecule has 1 saturated carbocycles. The molecule has 0 aromatic rings. The number of carbonyl (C=O) groups is 1. The Bertz CT molecular complexity index is 245. The van der Waals surface area contributed by atoms with Gasteiger partial charge in [-0.25, -0.2) is 0 Å². The number of hydrogen-bond acceptors (Lipinski definition) is 2. The first-order valence-corrected chi connectivity index (χ1v) is 6.00. The largest absolute Gasteiger partial charge is 0.481 e. The summed E-state index contributed by atoms with van der Waals surface area (Å²) in [5.41, 5.74) is -0.461. The van der Waals surface area contributed by atoms with Crippen molar-refractivity contribution in [3.8, 4) is 0 Å². The molecule has 86 valence electrons. The zero-order valence-corrected chi connectivity index (χ0v) is 9.37. The summed E-state index contributed by atoms with van der Waals surface area (Å²) in [6.45, 7) is 3.56. The van der Waals surface area contributed by atoms with Gasteiger partial charge in [0.2, 0.25) is 0 Å². The first kappa shape index (κ1) is 10.9. The molecule has 0 radical (unpaired) electrons. The predicted octanol–water partition coefficient (Wildman–Crippen LogP) is 2.30. The van der Waals surface area contributed by atoms with E-state index in [-0.39, 0.29) is 5.92 Å². The minimum atomic E-state index is -0.589.